The summed E-state index contributed by atoms with van der Waals surface area (Å²) in [6.07, 6.45) is 7.89. The van der Waals surface area contributed by atoms with E-state index in [9.17, 15) is 0 Å². The predicted octanol–water partition coefficient (Wildman–Crippen LogP) is 23.8. The molecule has 7 nitrogen and oxygen atoms in total. The van der Waals surface area contributed by atoms with Crippen molar-refractivity contribution in [3.05, 3.63) is 322 Å². The molecular formula is C91H59N7. The van der Waals surface area contributed by atoms with E-state index in [1.54, 1.807) is 0 Å². The summed E-state index contributed by atoms with van der Waals surface area (Å²) in [5.41, 5.74) is 24.1. The van der Waals surface area contributed by atoms with Crippen LogP contribution in [0.25, 0.3) is 192 Å². The fourth-order valence-corrected chi connectivity index (χ4v) is 17.7. The highest BCUT2D eigenvalue weighted by atomic mass is 15.1. The van der Waals surface area contributed by atoms with Gasteiger partial charge in [-0.25, -0.2) is 0 Å². The van der Waals surface area contributed by atoms with E-state index in [1.807, 2.05) is 0 Å². The standard InChI is InChI=1S/C91H59N7/c1-56-24-5-14-37-75(56)98-81-43-20-11-32-66(81)70-49-51-85-87(89(70)98)74-36-13-22-45-83(74)94(85)61-53-60(93-82-44-21-12-35-73(82)86-84(93)50-48-69-65-31-8-17-40-78(65)95(88(69)86)57-25-3-2-4-26-57)54-62(55-61)97-80-42-19-10-34-68(80)72-47-46-71-67-33-9-18-41-79(67)96(90(71)91(72)97)59-28-23-27-58(52-59)92-76-38-15-6-29-63(76)64-30-7-16-39-77(64)92/h2-23,25-56H,24H2,1H3. The second-order valence-electron chi connectivity index (χ2n) is 26.8. The van der Waals surface area contributed by atoms with Crippen LogP contribution in [0.5, 0.6) is 0 Å². The largest absolute Gasteiger partial charge is 0.312 e. The zero-order chi connectivity index (χ0) is 64.0. The maximum atomic E-state index is 2.60. The summed E-state index contributed by atoms with van der Waals surface area (Å²) >= 11 is 0. The molecule has 0 bridgehead atoms. The summed E-state index contributed by atoms with van der Waals surface area (Å²) < 4.78 is 17.8. The van der Waals surface area contributed by atoms with Gasteiger partial charge in [-0.15, -0.1) is 0 Å². The first-order valence-electron chi connectivity index (χ1n) is 34.1. The van der Waals surface area contributed by atoms with Crippen LogP contribution in [0.2, 0.25) is 0 Å². The van der Waals surface area contributed by atoms with Crippen LogP contribution < -0.4 is 0 Å². The Morgan fingerprint density at radius 2 is 0.520 bits per heavy atom. The Balaban J connectivity index is 0.888. The Kier molecular flexibility index (Phi) is 11.0. The number of nitrogens with zero attached hydrogens (tertiary/aromatic N) is 7. The molecule has 0 N–H and O–H groups in total. The minimum absolute atomic E-state index is 0.323. The third kappa shape index (κ3) is 7.20. The van der Waals surface area contributed by atoms with Crippen LogP contribution in [0.4, 0.5) is 0 Å². The monoisotopic (exact) mass is 1250 g/mol. The van der Waals surface area contributed by atoms with Gasteiger partial charge < -0.3 is 32.0 Å². The number of benzene rings is 14. The van der Waals surface area contributed by atoms with Crippen LogP contribution in [-0.4, -0.2) is 32.0 Å². The second-order valence-corrected chi connectivity index (χ2v) is 26.8. The molecule has 0 fully saturated rings. The van der Waals surface area contributed by atoms with Crippen molar-refractivity contribution in [3.63, 3.8) is 0 Å². The highest BCUT2D eigenvalue weighted by Crippen LogP contribution is 2.49. The van der Waals surface area contributed by atoms with Crippen molar-refractivity contribution in [1.82, 2.24) is 32.0 Å². The molecule has 1 atom stereocenters. The predicted molar refractivity (Wildman–Crippen MR) is 413 cm³/mol. The van der Waals surface area contributed by atoms with Crippen LogP contribution in [0.1, 0.15) is 13.3 Å². The van der Waals surface area contributed by atoms with Crippen LogP contribution in [0.3, 0.4) is 0 Å². The smallest absolute Gasteiger partial charge is 0.0788 e. The average Bonchev–Trinajstić information content (AvgIpc) is 1.55. The highest BCUT2D eigenvalue weighted by Gasteiger charge is 2.28. The lowest BCUT2D eigenvalue weighted by Gasteiger charge is -2.21. The molecule has 0 radical (unpaired) electrons. The number of allylic oxidation sites excluding steroid dienone is 4. The van der Waals surface area contributed by atoms with E-state index in [1.165, 1.54) is 114 Å². The quantitative estimate of drug-likeness (QED) is 0.152. The molecule has 98 heavy (non-hydrogen) atoms. The number of fused-ring (bicyclic) bond motifs is 24. The summed E-state index contributed by atoms with van der Waals surface area (Å²) in [6.45, 7) is 2.37. The Morgan fingerprint density at radius 3 is 0.980 bits per heavy atom. The van der Waals surface area contributed by atoms with Gasteiger partial charge in [0.1, 0.15) is 0 Å². The highest BCUT2D eigenvalue weighted by molar-refractivity contribution is 6.29. The lowest BCUT2D eigenvalue weighted by molar-refractivity contribution is 0.725. The lowest BCUT2D eigenvalue weighted by atomic mass is 9.98. The molecule has 0 saturated carbocycles. The molecule has 1 unspecified atom stereocenters. The topological polar surface area (TPSA) is 34.5 Å². The summed E-state index contributed by atoms with van der Waals surface area (Å²) in [6, 6.07) is 114. The molecule has 7 heteroatoms. The van der Waals surface area contributed by atoms with Crippen molar-refractivity contribution in [1.29, 1.82) is 0 Å². The van der Waals surface area contributed by atoms with Gasteiger partial charge in [0.2, 0.25) is 0 Å². The van der Waals surface area contributed by atoms with Crippen LogP contribution in [-0.2, 0) is 0 Å². The number of hydrogen-bond acceptors (Lipinski definition) is 0. The lowest BCUT2D eigenvalue weighted by Crippen LogP contribution is -2.08. The fraction of sp³-hybridized carbons (Fsp3) is 0.0330. The van der Waals surface area contributed by atoms with E-state index < -0.39 is 0 Å². The van der Waals surface area contributed by atoms with Crippen LogP contribution in [0.15, 0.2) is 322 Å². The first kappa shape index (κ1) is 53.5. The minimum Gasteiger partial charge on any atom is -0.312 e. The van der Waals surface area contributed by atoms with Crippen LogP contribution in [0, 0.1) is 5.92 Å². The van der Waals surface area contributed by atoms with Gasteiger partial charge in [0.25, 0.3) is 0 Å². The molecule has 0 aliphatic heterocycles. The SMILES string of the molecule is CC1CC=CC=C1n1c2ccccc2c2ccc3c(c4ccccc4n3-c3cc(-n4c5ccccc5c5c4ccc4c6ccccc6n(-c6ccccc6)c45)cc(-n4c5ccccc5c5ccc6c7ccccc7n(-c7cccc(-n8c9ccccc9c9ccccc98)c7)c6c54)c3)c21. The molecule has 14 aromatic carbocycles. The van der Waals surface area contributed by atoms with Crippen molar-refractivity contribution in [2.45, 2.75) is 13.3 Å². The van der Waals surface area contributed by atoms with E-state index in [0.29, 0.717) is 5.92 Å². The first-order valence-corrected chi connectivity index (χ1v) is 34.1. The molecular weight excluding hydrogens is 1190 g/mol. The van der Waals surface area contributed by atoms with Crippen LogP contribution >= 0.6 is 0 Å². The van der Waals surface area contributed by atoms with Gasteiger partial charge in [-0.05, 0) is 122 Å². The van der Waals surface area contributed by atoms with E-state index >= 15 is 0 Å². The van der Waals surface area contributed by atoms with Crippen molar-refractivity contribution in [2.24, 2.45) is 5.92 Å². The number of para-hydroxylation sites is 9. The summed E-state index contributed by atoms with van der Waals surface area (Å²) in [4.78, 5) is 0. The zero-order valence-corrected chi connectivity index (χ0v) is 53.5. The van der Waals surface area contributed by atoms with Gasteiger partial charge >= 0.3 is 0 Å². The summed E-state index contributed by atoms with van der Waals surface area (Å²) in [5.74, 6) is 0.323. The molecule has 7 heterocycles. The van der Waals surface area contributed by atoms with E-state index in [0.717, 1.165) is 84.7 Å². The molecule has 0 amide bonds. The second kappa shape index (κ2) is 20.1. The maximum Gasteiger partial charge on any atom is 0.0788 e. The van der Waals surface area contributed by atoms with Crippen molar-refractivity contribution in [2.75, 3.05) is 0 Å². The number of rotatable bonds is 7. The Labute approximate surface area is 561 Å². The van der Waals surface area contributed by atoms with Gasteiger partial charge in [-0.2, -0.15) is 0 Å². The molecule has 1 aliphatic carbocycles. The van der Waals surface area contributed by atoms with Gasteiger partial charge in [-0.1, -0.05) is 213 Å². The molecule has 458 valence electrons. The molecule has 0 saturated heterocycles. The summed E-state index contributed by atoms with van der Waals surface area (Å²) in [7, 11) is 0. The van der Waals surface area contributed by atoms with Crippen molar-refractivity contribution >= 4 is 158 Å². The number of hydrogen-bond donors (Lipinski definition) is 0. The summed E-state index contributed by atoms with van der Waals surface area (Å²) in [5, 5.41) is 17.1. The van der Waals surface area contributed by atoms with Crippen molar-refractivity contribution in [3.8, 4) is 34.1 Å². The molecule has 22 rings (SSSR count). The van der Waals surface area contributed by atoms with Crippen molar-refractivity contribution < 1.29 is 0 Å². The Morgan fingerprint density at radius 1 is 0.224 bits per heavy atom. The average molecular weight is 1250 g/mol. The molecule has 0 spiro atoms. The Bertz CT molecular complexity index is 7050. The normalized spacial score (nSPS) is 13.8. The minimum atomic E-state index is 0.323. The van der Waals surface area contributed by atoms with Gasteiger partial charge in [0, 0.05) is 104 Å². The van der Waals surface area contributed by atoms with Gasteiger partial charge in [-0.3, -0.25) is 0 Å². The molecule has 7 aromatic heterocycles. The van der Waals surface area contributed by atoms with E-state index in [4.69, 9.17) is 0 Å². The zero-order valence-electron chi connectivity index (χ0n) is 53.5. The fourth-order valence-electron chi connectivity index (χ4n) is 17.7. The molecule has 21 aromatic rings. The Hall–Kier alpha value is -12.8. The van der Waals surface area contributed by atoms with E-state index in [2.05, 4.69) is 360 Å². The van der Waals surface area contributed by atoms with E-state index in [-0.39, 0.29) is 0 Å². The number of aromatic nitrogens is 7. The third-order valence-corrected chi connectivity index (χ3v) is 21.7. The maximum absolute atomic E-state index is 2.60. The van der Waals surface area contributed by atoms with Gasteiger partial charge in [0.15, 0.2) is 0 Å². The van der Waals surface area contributed by atoms with Gasteiger partial charge in [0.05, 0.1) is 94.3 Å². The first-order chi connectivity index (χ1) is 48.6. The third-order valence-electron chi connectivity index (χ3n) is 21.7. The molecule has 1 aliphatic rings.